The topological polar surface area (TPSA) is 46.2 Å². The molecule has 1 aromatic rings. The molecule has 1 rings (SSSR count). The molecule has 0 spiro atoms. The molecule has 3 nitrogen and oxygen atoms in total. The number of sulfonamides is 1. The molecule has 0 fully saturated rings. The minimum atomic E-state index is -3.45. The van der Waals surface area contributed by atoms with Gasteiger partial charge in [-0.3, -0.25) is 0 Å². The third-order valence-corrected chi connectivity index (χ3v) is 6.05. The molecular formula is C11H15Br2NO2S2. The van der Waals surface area contributed by atoms with Crippen LogP contribution in [0.15, 0.2) is 32.0 Å². The van der Waals surface area contributed by atoms with E-state index >= 15 is 0 Å². The van der Waals surface area contributed by atoms with Gasteiger partial charge in [0.05, 0.1) is 4.90 Å². The van der Waals surface area contributed by atoms with Crippen LogP contribution in [0.1, 0.15) is 6.92 Å². The molecule has 1 unspecified atom stereocenters. The minimum absolute atomic E-state index is 0.266. The fraction of sp³-hybridized carbons (Fsp3) is 0.455. The summed E-state index contributed by atoms with van der Waals surface area (Å²) in [5.74, 6) is 1.24. The summed E-state index contributed by atoms with van der Waals surface area (Å²) in [6.45, 7) is 2.47. The molecule has 0 aliphatic carbocycles. The van der Waals surface area contributed by atoms with Gasteiger partial charge < -0.3 is 0 Å². The van der Waals surface area contributed by atoms with Crippen LogP contribution in [0, 0.1) is 5.92 Å². The van der Waals surface area contributed by atoms with Crippen molar-refractivity contribution in [1.82, 2.24) is 4.72 Å². The molecule has 0 heterocycles. The first-order chi connectivity index (χ1) is 8.36. The predicted octanol–water partition coefficient (Wildman–Crippen LogP) is 3.49. The van der Waals surface area contributed by atoms with Gasteiger partial charge in [-0.1, -0.05) is 22.9 Å². The summed E-state index contributed by atoms with van der Waals surface area (Å²) in [7, 11) is -3.45. The van der Waals surface area contributed by atoms with Gasteiger partial charge in [-0.25, -0.2) is 13.1 Å². The van der Waals surface area contributed by atoms with Crippen LogP contribution in [0.25, 0.3) is 0 Å². The second-order valence-corrected chi connectivity index (χ2v) is 8.40. The van der Waals surface area contributed by atoms with Crippen molar-refractivity contribution < 1.29 is 8.42 Å². The summed E-state index contributed by atoms with van der Waals surface area (Å²) in [6, 6.07) is 5.01. The van der Waals surface area contributed by atoms with Crippen molar-refractivity contribution in [2.75, 3.05) is 18.6 Å². The van der Waals surface area contributed by atoms with Crippen molar-refractivity contribution in [3.05, 3.63) is 27.1 Å². The third-order valence-electron chi connectivity index (χ3n) is 2.26. The molecule has 0 radical (unpaired) electrons. The van der Waals surface area contributed by atoms with Crippen LogP contribution in [0.5, 0.6) is 0 Å². The van der Waals surface area contributed by atoms with Gasteiger partial charge in [0.15, 0.2) is 0 Å². The summed E-state index contributed by atoms with van der Waals surface area (Å²) in [4.78, 5) is 0.266. The average Bonchev–Trinajstić information content (AvgIpc) is 2.26. The lowest BCUT2D eigenvalue weighted by Gasteiger charge is -2.12. The van der Waals surface area contributed by atoms with E-state index in [0.717, 1.165) is 10.2 Å². The van der Waals surface area contributed by atoms with Gasteiger partial charge >= 0.3 is 0 Å². The first-order valence-corrected chi connectivity index (χ1v) is 9.76. The van der Waals surface area contributed by atoms with Crippen LogP contribution in [-0.2, 0) is 10.0 Å². The molecule has 1 N–H and O–H groups in total. The Labute approximate surface area is 129 Å². The van der Waals surface area contributed by atoms with Gasteiger partial charge in [0.1, 0.15) is 0 Å². The maximum atomic E-state index is 12.1. The smallest absolute Gasteiger partial charge is 0.211 e. The van der Waals surface area contributed by atoms with E-state index in [1.54, 1.807) is 30.0 Å². The number of rotatable bonds is 6. The zero-order valence-electron chi connectivity index (χ0n) is 10.1. The first-order valence-electron chi connectivity index (χ1n) is 5.30. The highest BCUT2D eigenvalue weighted by Crippen LogP contribution is 2.25. The van der Waals surface area contributed by atoms with E-state index in [-0.39, 0.29) is 4.90 Å². The Hall–Kier alpha value is 0.440. The number of benzene rings is 1. The van der Waals surface area contributed by atoms with E-state index in [4.69, 9.17) is 0 Å². The minimum Gasteiger partial charge on any atom is -0.211 e. The fourth-order valence-electron chi connectivity index (χ4n) is 1.37. The molecule has 0 bridgehead atoms. The van der Waals surface area contributed by atoms with Crippen LogP contribution in [0.3, 0.4) is 0 Å². The van der Waals surface area contributed by atoms with Gasteiger partial charge in [0, 0.05) is 15.5 Å². The number of nitrogens with one attached hydrogen (secondary N) is 1. The van der Waals surface area contributed by atoms with E-state index in [1.807, 2.05) is 13.2 Å². The normalized spacial score (nSPS) is 13.6. The van der Waals surface area contributed by atoms with Gasteiger partial charge in [-0.2, -0.15) is 11.8 Å². The average molecular weight is 417 g/mol. The van der Waals surface area contributed by atoms with Crippen LogP contribution >= 0.6 is 43.6 Å². The lowest BCUT2D eigenvalue weighted by Crippen LogP contribution is -2.29. The predicted molar refractivity (Wildman–Crippen MR) is 84.6 cm³/mol. The van der Waals surface area contributed by atoms with E-state index < -0.39 is 10.0 Å². The highest BCUT2D eigenvalue weighted by Gasteiger charge is 2.18. The summed E-state index contributed by atoms with van der Waals surface area (Å²) < 4.78 is 28.2. The molecule has 7 heteroatoms. The van der Waals surface area contributed by atoms with Crippen molar-refractivity contribution >= 4 is 53.6 Å². The molecule has 1 atom stereocenters. The Kier molecular flexibility index (Phi) is 6.67. The molecule has 0 saturated heterocycles. The van der Waals surface area contributed by atoms with Crippen LogP contribution in [-0.4, -0.2) is 27.0 Å². The zero-order valence-corrected chi connectivity index (χ0v) is 14.9. The highest BCUT2D eigenvalue weighted by molar-refractivity contribution is 9.11. The monoisotopic (exact) mass is 415 g/mol. The molecule has 102 valence electrons. The van der Waals surface area contributed by atoms with Crippen LogP contribution in [0.2, 0.25) is 0 Å². The van der Waals surface area contributed by atoms with Crippen molar-refractivity contribution in [2.45, 2.75) is 11.8 Å². The Morgan fingerprint density at radius 3 is 2.61 bits per heavy atom. The summed E-state index contributed by atoms with van der Waals surface area (Å²) in [5, 5.41) is 0. The van der Waals surface area contributed by atoms with Crippen LogP contribution < -0.4 is 4.72 Å². The van der Waals surface area contributed by atoms with E-state index in [1.165, 1.54) is 0 Å². The van der Waals surface area contributed by atoms with Gasteiger partial charge in [0.2, 0.25) is 10.0 Å². The summed E-state index contributed by atoms with van der Waals surface area (Å²) in [6.07, 6.45) is 2.01. The second-order valence-electron chi connectivity index (χ2n) is 3.99. The van der Waals surface area contributed by atoms with Crippen molar-refractivity contribution in [1.29, 1.82) is 0 Å². The SMILES string of the molecule is CSCC(C)CNS(=O)(=O)c1ccc(Br)cc1Br. The van der Waals surface area contributed by atoms with E-state index in [2.05, 4.69) is 36.6 Å². The highest BCUT2D eigenvalue weighted by atomic mass is 79.9. The quantitative estimate of drug-likeness (QED) is 0.771. The Bertz CT molecular complexity index is 506. The number of halogens is 2. The summed E-state index contributed by atoms with van der Waals surface area (Å²) >= 11 is 8.28. The van der Waals surface area contributed by atoms with E-state index in [0.29, 0.717) is 16.9 Å². The van der Waals surface area contributed by atoms with E-state index in [9.17, 15) is 8.42 Å². The molecule has 0 amide bonds. The second kappa shape index (κ2) is 7.28. The van der Waals surface area contributed by atoms with Crippen molar-refractivity contribution in [3.8, 4) is 0 Å². The maximum Gasteiger partial charge on any atom is 0.241 e. The molecule has 0 aliphatic heterocycles. The lowest BCUT2D eigenvalue weighted by atomic mass is 10.2. The lowest BCUT2D eigenvalue weighted by molar-refractivity contribution is 0.562. The molecule has 18 heavy (non-hydrogen) atoms. The number of hydrogen-bond donors (Lipinski definition) is 1. The largest absolute Gasteiger partial charge is 0.241 e. The first kappa shape index (κ1) is 16.5. The Balaban J connectivity index is 2.80. The molecule has 0 saturated carbocycles. The standard InChI is InChI=1S/C11H15Br2NO2S2/c1-8(7-17-2)6-14-18(15,16)11-4-3-9(12)5-10(11)13/h3-5,8,14H,6-7H2,1-2H3. The third kappa shape index (κ3) is 4.85. The fourth-order valence-corrected chi connectivity index (χ4v) is 4.96. The Morgan fingerprint density at radius 1 is 1.39 bits per heavy atom. The van der Waals surface area contributed by atoms with Crippen LogP contribution in [0.4, 0.5) is 0 Å². The maximum absolute atomic E-state index is 12.1. The molecule has 0 aliphatic rings. The van der Waals surface area contributed by atoms with Crippen molar-refractivity contribution in [3.63, 3.8) is 0 Å². The molecular weight excluding hydrogens is 402 g/mol. The number of hydrogen-bond acceptors (Lipinski definition) is 3. The van der Waals surface area contributed by atoms with Gasteiger partial charge in [-0.05, 0) is 52.1 Å². The zero-order chi connectivity index (χ0) is 13.8. The summed E-state index contributed by atoms with van der Waals surface area (Å²) in [5.41, 5.74) is 0. The van der Waals surface area contributed by atoms with Gasteiger partial charge in [0.25, 0.3) is 0 Å². The van der Waals surface area contributed by atoms with Crippen molar-refractivity contribution in [2.24, 2.45) is 5.92 Å². The van der Waals surface area contributed by atoms with Gasteiger partial charge in [-0.15, -0.1) is 0 Å². The molecule has 0 aromatic heterocycles. The number of thioether (sulfide) groups is 1. The Morgan fingerprint density at radius 2 is 2.06 bits per heavy atom. The molecule has 1 aromatic carbocycles.